The second kappa shape index (κ2) is 4.18. The molecule has 60 valence electrons. The Bertz CT molecular complexity index is 252. The highest BCUT2D eigenvalue weighted by Gasteiger charge is 2.03. The van der Waals surface area contributed by atoms with Gasteiger partial charge < -0.3 is 5.11 Å². The van der Waals surface area contributed by atoms with Crippen LogP contribution >= 0.6 is 56.9 Å². The van der Waals surface area contributed by atoms with E-state index in [0.717, 1.165) is 12.0 Å². The summed E-state index contributed by atoms with van der Waals surface area (Å²) in [7, 11) is 0. The molecule has 1 aromatic rings. The second-order valence-corrected chi connectivity index (χ2v) is 5.06. The summed E-state index contributed by atoms with van der Waals surface area (Å²) in [6, 6.07) is 3.85. The molecule has 4 heteroatoms. The second-order valence-electron chi connectivity index (χ2n) is 1.94. The highest BCUT2D eigenvalue weighted by atomic mass is 127. The molecule has 1 rings (SSSR count). The first-order chi connectivity index (χ1) is 5.15. The Balaban J connectivity index is 3.21. The average molecular weight is 392 g/mol. The molecule has 0 saturated carbocycles. The van der Waals surface area contributed by atoms with Gasteiger partial charge in [0.25, 0.3) is 0 Å². The highest BCUT2D eigenvalue weighted by molar-refractivity contribution is 14.1. The molecule has 0 heterocycles. The van der Waals surface area contributed by atoms with Gasteiger partial charge in [0.15, 0.2) is 0 Å². The molecule has 0 spiro atoms. The highest BCUT2D eigenvalue weighted by Crippen LogP contribution is 2.29. The fourth-order valence-corrected chi connectivity index (χ4v) is 2.27. The van der Waals surface area contributed by atoms with E-state index in [-0.39, 0.29) is 0 Å². The Morgan fingerprint density at radius 2 is 2.00 bits per heavy atom. The van der Waals surface area contributed by atoms with Gasteiger partial charge in [0.05, 0.1) is 3.57 Å². The third-order valence-corrected chi connectivity index (χ3v) is 4.94. The molecule has 0 aliphatic rings. The van der Waals surface area contributed by atoms with Crippen LogP contribution in [-0.4, -0.2) is 11.4 Å². The summed E-state index contributed by atoms with van der Waals surface area (Å²) in [5.41, 5.74) is 0. The average Bonchev–Trinajstić information content (AvgIpc) is 1.99. The van der Waals surface area contributed by atoms with Crippen LogP contribution in [0.5, 0.6) is 5.75 Å². The SMILES string of the molecule is CSc1cc(O)c(I)c(I)c1. The van der Waals surface area contributed by atoms with Crippen LogP contribution in [0.25, 0.3) is 0 Å². The van der Waals surface area contributed by atoms with E-state index in [2.05, 4.69) is 51.2 Å². The summed E-state index contributed by atoms with van der Waals surface area (Å²) in [5.74, 6) is 0.377. The van der Waals surface area contributed by atoms with Crippen molar-refractivity contribution in [2.75, 3.05) is 6.26 Å². The van der Waals surface area contributed by atoms with Gasteiger partial charge in [-0.25, -0.2) is 0 Å². The van der Waals surface area contributed by atoms with E-state index in [1.54, 1.807) is 17.8 Å². The standard InChI is InChI=1S/C7H6I2OS/c1-11-4-2-5(8)7(9)6(10)3-4/h2-3,10H,1H3. The van der Waals surface area contributed by atoms with Crippen LogP contribution in [0.15, 0.2) is 17.0 Å². The molecule has 0 aliphatic carbocycles. The number of phenols is 1. The Morgan fingerprint density at radius 1 is 1.36 bits per heavy atom. The van der Waals surface area contributed by atoms with Gasteiger partial charge in [0.2, 0.25) is 0 Å². The predicted octanol–water partition coefficient (Wildman–Crippen LogP) is 3.32. The van der Waals surface area contributed by atoms with Crippen molar-refractivity contribution in [1.82, 2.24) is 0 Å². The number of thioether (sulfide) groups is 1. The number of aromatic hydroxyl groups is 1. The van der Waals surface area contributed by atoms with Crippen molar-refractivity contribution in [3.8, 4) is 5.75 Å². The Kier molecular flexibility index (Phi) is 3.76. The largest absolute Gasteiger partial charge is 0.507 e. The lowest BCUT2D eigenvalue weighted by molar-refractivity contribution is 0.469. The first-order valence-electron chi connectivity index (χ1n) is 2.87. The molecular weight excluding hydrogens is 386 g/mol. The van der Waals surface area contributed by atoms with Crippen molar-refractivity contribution in [1.29, 1.82) is 0 Å². The minimum atomic E-state index is 0.377. The summed E-state index contributed by atoms with van der Waals surface area (Å²) in [6.07, 6.45) is 2.00. The summed E-state index contributed by atoms with van der Waals surface area (Å²) in [5, 5.41) is 9.39. The number of benzene rings is 1. The topological polar surface area (TPSA) is 20.2 Å². The lowest BCUT2D eigenvalue weighted by Crippen LogP contribution is -1.81. The van der Waals surface area contributed by atoms with Gasteiger partial charge in [-0.2, -0.15) is 0 Å². The Labute approximate surface area is 97.2 Å². The van der Waals surface area contributed by atoms with Crippen LogP contribution in [0.1, 0.15) is 0 Å². The van der Waals surface area contributed by atoms with Crippen LogP contribution in [0, 0.1) is 7.14 Å². The molecular formula is C7H6I2OS. The third-order valence-electron chi connectivity index (χ3n) is 1.22. The van der Waals surface area contributed by atoms with E-state index in [1.165, 1.54) is 0 Å². The van der Waals surface area contributed by atoms with Crippen molar-refractivity contribution in [2.45, 2.75) is 4.90 Å². The minimum absolute atomic E-state index is 0.377. The maximum absolute atomic E-state index is 9.39. The van der Waals surface area contributed by atoms with Crippen LogP contribution in [-0.2, 0) is 0 Å². The summed E-state index contributed by atoms with van der Waals surface area (Å²) < 4.78 is 2.04. The molecule has 0 bridgehead atoms. The van der Waals surface area contributed by atoms with Crippen molar-refractivity contribution in [3.05, 3.63) is 19.3 Å². The molecule has 0 aromatic heterocycles. The number of hydrogen-bond donors (Lipinski definition) is 1. The van der Waals surface area contributed by atoms with E-state index in [0.29, 0.717) is 5.75 Å². The molecule has 0 fully saturated rings. The number of rotatable bonds is 1. The quantitative estimate of drug-likeness (QED) is 0.585. The van der Waals surface area contributed by atoms with Gasteiger partial charge >= 0.3 is 0 Å². The molecule has 1 N–H and O–H groups in total. The lowest BCUT2D eigenvalue weighted by atomic mass is 10.3. The Morgan fingerprint density at radius 3 is 2.45 bits per heavy atom. The van der Waals surface area contributed by atoms with Gasteiger partial charge in [0, 0.05) is 8.47 Å². The zero-order chi connectivity index (χ0) is 8.43. The normalized spacial score (nSPS) is 10.1. The van der Waals surface area contributed by atoms with Crippen LogP contribution in [0.3, 0.4) is 0 Å². The van der Waals surface area contributed by atoms with Crippen LogP contribution in [0.4, 0.5) is 0 Å². The van der Waals surface area contributed by atoms with Gasteiger partial charge in [-0.1, -0.05) is 0 Å². The van der Waals surface area contributed by atoms with Crippen LogP contribution in [0.2, 0.25) is 0 Å². The van der Waals surface area contributed by atoms with Crippen molar-refractivity contribution in [3.63, 3.8) is 0 Å². The van der Waals surface area contributed by atoms with E-state index >= 15 is 0 Å². The number of halogens is 2. The van der Waals surface area contributed by atoms with E-state index in [9.17, 15) is 5.11 Å². The van der Waals surface area contributed by atoms with Gasteiger partial charge in [0.1, 0.15) is 5.75 Å². The van der Waals surface area contributed by atoms with Gasteiger partial charge in [-0.05, 0) is 63.6 Å². The Hall–Kier alpha value is 0.830. The van der Waals surface area contributed by atoms with E-state index in [4.69, 9.17) is 0 Å². The maximum Gasteiger partial charge on any atom is 0.131 e. The van der Waals surface area contributed by atoms with Crippen molar-refractivity contribution >= 4 is 56.9 Å². The van der Waals surface area contributed by atoms with Gasteiger partial charge in [-0.15, -0.1) is 11.8 Å². The van der Waals surface area contributed by atoms with Crippen molar-refractivity contribution < 1.29 is 5.11 Å². The summed E-state index contributed by atoms with van der Waals surface area (Å²) >= 11 is 5.99. The zero-order valence-electron chi connectivity index (χ0n) is 5.77. The maximum atomic E-state index is 9.39. The van der Waals surface area contributed by atoms with Crippen molar-refractivity contribution in [2.24, 2.45) is 0 Å². The molecule has 0 amide bonds. The first kappa shape index (κ1) is 9.91. The van der Waals surface area contributed by atoms with Crippen LogP contribution < -0.4 is 0 Å². The monoisotopic (exact) mass is 392 g/mol. The molecule has 0 aliphatic heterocycles. The molecule has 0 saturated heterocycles. The zero-order valence-corrected chi connectivity index (χ0v) is 10.9. The first-order valence-corrected chi connectivity index (χ1v) is 6.25. The molecule has 0 unspecified atom stereocenters. The summed E-state index contributed by atoms with van der Waals surface area (Å²) in [4.78, 5) is 1.10. The lowest BCUT2D eigenvalue weighted by Gasteiger charge is -2.02. The molecule has 0 radical (unpaired) electrons. The number of phenolic OH excluding ortho intramolecular Hbond substituents is 1. The summed E-state index contributed by atoms with van der Waals surface area (Å²) in [6.45, 7) is 0. The smallest absolute Gasteiger partial charge is 0.131 e. The number of hydrogen-bond acceptors (Lipinski definition) is 2. The molecule has 11 heavy (non-hydrogen) atoms. The predicted molar refractivity (Wildman–Crippen MR) is 65.3 cm³/mol. The van der Waals surface area contributed by atoms with E-state index in [1.807, 2.05) is 6.26 Å². The van der Waals surface area contributed by atoms with Gasteiger partial charge in [-0.3, -0.25) is 0 Å². The minimum Gasteiger partial charge on any atom is -0.507 e. The molecule has 0 atom stereocenters. The third kappa shape index (κ3) is 2.38. The van der Waals surface area contributed by atoms with E-state index < -0.39 is 0 Å². The molecule has 1 aromatic carbocycles. The fourth-order valence-electron chi connectivity index (χ4n) is 0.668. The molecule has 1 nitrogen and oxygen atoms in total. The fraction of sp³-hybridized carbons (Fsp3) is 0.143.